The molecule has 2 N–H and O–H groups in total. The number of nitrogens with two attached hydrogens (primary N) is 1. The van der Waals surface area contributed by atoms with E-state index in [1.54, 1.807) is 17.5 Å². The number of anilines is 1. The highest BCUT2D eigenvalue weighted by Gasteiger charge is 2.04. The molecule has 0 saturated heterocycles. The molecule has 0 saturated carbocycles. The van der Waals surface area contributed by atoms with Crippen LogP contribution in [0.5, 0.6) is 0 Å². The number of nitrogen functional groups attached to an aromatic ring is 1. The number of halogens is 1. The Labute approximate surface area is 94.7 Å². The largest absolute Gasteiger partial charge is 0.396 e. The minimum atomic E-state index is 0.751. The molecule has 2 aromatic rings. The molecule has 0 unspecified atom stereocenters. The molecule has 2 aromatic heterocycles. The molecule has 0 atom stereocenters. The van der Waals surface area contributed by atoms with Crippen molar-refractivity contribution in [2.45, 2.75) is 13.5 Å². The molecular formula is C9H10BrN3S. The van der Waals surface area contributed by atoms with Gasteiger partial charge in [0.2, 0.25) is 0 Å². The van der Waals surface area contributed by atoms with Crippen molar-refractivity contribution in [3.05, 3.63) is 32.7 Å². The van der Waals surface area contributed by atoms with Crippen LogP contribution < -0.4 is 5.73 Å². The molecule has 2 rings (SSSR count). The van der Waals surface area contributed by atoms with Crippen molar-refractivity contribution in [3.63, 3.8) is 0 Å². The summed E-state index contributed by atoms with van der Waals surface area (Å²) in [5.41, 5.74) is 7.48. The summed E-state index contributed by atoms with van der Waals surface area (Å²) in [6.45, 7) is 2.77. The Morgan fingerprint density at radius 1 is 1.64 bits per heavy atom. The van der Waals surface area contributed by atoms with E-state index in [1.807, 2.05) is 11.6 Å². The normalized spacial score (nSPS) is 10.7. The Morgan fingerprint density at radius 2 is 2.43 bits per heavy atom. The lowest BCUT2D eigenvalue weighted by Crippen LogP contribution is -2.02. The summed E-state index contributed by atoms with van der Waals surface area (Å²) in [6, 6.07) is 2.10. The van der Waals surface area contributed by atoms with Gasteiger partial charge in [0.25, 0.3) is 0 Å². The van der Waals surface area contributed by atoms with Gasteiger partial charge in [-0.15, -0.1) is 11.3 Å². The van der Waals surface area contributed by atoms with Crippen LogP contribution in [0.2, 0.25) is 0 Å². The molecular weight excluding hydrogens is 262 g/mol. The Bertz CT molecular complexity index is 447. The fourth-order valence-corrected chi connectivity index (χ4v) is 2.64. The summed E-state index contributed by atoms with van der Waals surface area (Å²) in [5, 5.41) is 6.27. The van der Waals surface area contributed by atoms with Crippen molar-refractivity contribution in [1.29, 1.82) is 0 Å². The lowest BCUT2D eigenvalue weighted by Gasteiger charge is -2.01. The quantitative estimate of drug-likeness (QED) is 0.913. The molecule has 74 valence electrons. The van der Waals surface area contributed by atoms with Gasteiger partial charge < -0.3 is 5.73 Å². The molecule has 3 nitrogen and oxygen atoms in total. The second-order valence-electron chi connectivity index (χ2n) is 3.07. The van der Waals surface area contributed by atoms with Crippen LogP contribution >= 0.6 is 27.3 Å². The van der Waals surface area contributed by atoms with Crippen LogP contribution in [0.1, 0.15) is 10.6 Å². The molecule has 2 heterocycles. The SMILES string of the molecule is Cc1c(N)cnn1Cc1cc(Br)cs1. The Hall–Kier alpha value is -0.810. The van der Waals surface area contributed by atoms with E-state index in [0.717, 1.165) is 22.4 Å². The van der Waals surface area contributed by atoms with Crippen LogP contribution in [-0.2, 0) is 6.54 Å². The fraction of sp³-hybridized carbons (Fsp3) is 0.222. The van der Waals surface area contributed by atoms with Gasteiger partial charge in [0.1, 0.15) is 0 Å². The summed E-state index contributed by atoms with van der Waals surface area (Å²) in [7, 11) is 0. The van der Waals surface area contributed by atoms with Gasteiger partial charge in [-0.05, 0) is 28.9 Å². The summed E-state index contributed by atoms with van der Waals surface area (Å²) in [4.78, 5) is 1.27. The highest BCUT2D eigenvalue weighted by atomic mass is 79.9. The third-order valence-corrected chi connectivity index (χ3v) is 3.75. The standard InChI is InChI=1S/C9H10BrN3S/c1-6-9(11)3-12-13(6)4-8-2-7(10)5-14-8/h2-3,5H,4,11H2,1H3. The number of nitrogens with zero attached hydrogens (tertiary/aromatic N) is 2. The van der Waals surface area contributed by atoms with E-state index >= 15 is 0 Å². The predicted molar refractivity (Wildman–Crippen MR) is 62.5 cm³/mol. The first kappa shape index (κ1) is 9.73. The number of hydrogen-bond acceptors (Lipinski definition) is 3. The van der Waals surface area contributed by atoms with Gasteiger partial charge in [0.05, 0.1) is 24.1 Å². The smallest absolute Gasteiger partial charge is 0.0756 e. The minimum Gasteiger partial charge on any atom is -0.396 e. The average molecular weight is 272 g/mol. The maximum Gasteiger partial charge on any atom is 0.0756 e. The molecule has 0 aliphatic heterocycles. The van der Waals surface area contributed by atoms with E-state index in [0.29, 0.717) is 0 Å². The van der Waals surface area contributed by atoms with E-state index in [-0.39, 0.29) is 0 Å². The van der Waals surface area contributed by atoms with Crippen LogP contribution in [0.25, 0.3) is 0 Å². The molecule has 0 radical (unpaired) electrons. The van der Waals surface area contributed by atoms with Crippen molar-refractivity contribution in [3.8, 4) is 0 Å². The van der Waals surface area contributed by atoms with Crippen molar-refractivity contribution < 1.29 is 0 Å². The summed E-state index contributed by atoms with van der Waals surface area (Å²) < 4.78 is 3.03. The number of thiophene rings is 1. The van der Waals surface area contributed by atoms with Crippen LogP contribution in [0, 0.1) is 6.92 Å². The second kappa shape index (κ2) is 3.74. The van der Waals surface area contributed by atoms with Crippen LogP contribution in [0.15, 0.2) is 22.1 Å². The average Bonchev–Trinajstić information content (AvgIpc) is 2.67. The zero-order valence-electron chi connectivity index (χ0n) is 7.70. The first-order chi connectivity index (χ1) is 6.66. The molecule has 0 amide bonds. The Balaban J connectivity index is 2.22. The van der Waals surface area contributed by atoms with Gasteiger partial charge in [-0.1, -0.05) is 0 Å². The van der Waals surface area contributed by atoms with E-state index in [2.05, 4.69) is 32.5 Å². The maximum atomic E-state index is 5.71. The van der Waals surface area contributed by atoms with Crippen molar-refractivity contribution >= 4 is 33.0 Å². The summed E-state index contributed by atoms with van der Waals surface area (Å²) in [6.07, 6.45) is 1.69. The van der Waals surface area contributed by atoms with Gasteiger partial charge in [0.15, 0.2) is 0 Å². The predicted octanol–water partition coefficient (Wildman–Crippen LogP) is 2.65. The lowest BCUT2D eigenvalue weighted by atomic mass is 10.4. The second-order valence-corrected chi connectivity index (χ2v) is 4.99. The van der Waals surface area contributed by atoms with Crippen molar-refractivity contribution in [1.82, 2.24) is 9.78 Å². The number of rotatable bonds is 2. The van der Waals surface area contributed by atoms with Gasteiger partial charge in [0, 0.05) is 14.7 Å². The molecule has 14 heavy (non-hydrogen) atoms. The molecule has 0 aromatic carbocycles. The molecule has 0 fully saturated rings. The zero-order valence-corrected chi connectivity index (χ0v) is 10.1. The first-order valence-electron chi connectivity index (χ1n) is 4.17. The monoisotopic (exact) mass is 271 g/mol. The van der Waals surface area contributed by atoms with E-state index in [1.165, 1.54) is 4.88 Å². The summed E-state index contributed by atoms with van der Waals surface area (Å²) in [5.74, 6) is 0. The fourth-order valence-electron chi connectivity index (χ4n) is 1.20. The van der Waals surface area contributed by atoms with Crippen LogP contribution in [-0.4, -0.2) is 9.78 Å². The molecule has 0 aliphatic carbocycles. The lowest BCUT2D eigenvalue weighted by molar-refractivity contribution is 0.672. The van der Waals surface area contributed by atoms with Gasteiger partial charge in [-0.2, -0.15) is 5.10 Å². The zero-order chi connectivity index (χ0) is 10.1. The third-order valence-electron chi connectivity index (χ3n) is 2.07. The van der Waals surface area contributed by atoms with E-state index in [4.69, 9.17) is 5.73 Å². The topological polar surface area (TPSA) is 43.8 Å². The van der Waals surface area contributed by atoms with Gasteiger partial charge in [-0.25, -0.2) is 0 Å². The number of hydrogen-bond donors (Lipinski definition) is 1. The van der Waals surface area contributed by atoms with E-state index in [9.17, 15) is 0 Å². The van der Waals surface area contributed by atoms with Gasteiger partial charge >= 0.3 is 0 Å². The van der Waals surface area contributed by atoms with E-state index < -0.39 is 0 Å². The highest BCUT2D eigenvalue weighted by molar-refractivity contribution is 9.10. The molecule has 5 heteroatoms. The Morgan fingerprint density at radius 3 is 2.93 bits per heavy atom. The maximum absolute atomic E-state index is 5.71. The molecule has 0 spiro atoms. The third kappa shape index (κ3) is 1.83. The highest BCUT2D eigenvalue weighted by Crippen LogP contribution is 2.21. The minimum absolute atomic E-state index is 0.751. The van der Waals surface area contributed by atoms with Crippen molar-refractivity contribution in [2.75, 3.05) is 5.73 Å². The molecule has 0 aliphatic rings. The van der Waals surface area contributed by atoms with Crippen LogP contribution in [0.4, 0.5) is 5.69 Å². The summed E-state index contributed by atoms with van der Waals surface area (Å²) >= 11 is 5.14. The first-order valence-corrected chi connectivity index (χ1v) is 5.85. The Kier molecular flexibility index (Phi) is 2.60. The number of aromatic nitrogens is 2. The van der Waals surface area contributed by atoms with Crippen molar-refractivity contribution in [2.24, 2.45) is 0 Å². The van der Waals surface area contributed by atoms with Crippen LogP contribution in [0.3, 0.4) is 0 Å². The van der Waals surface area contributed by atoms with Gasteiger partial charge in [-0.3, -0.25) is 4.68 Å². The molecule has 0 bridgehead atoms.